The number of halogens is 10. The zero-order valence-electron chi connectivity index (χ0n) is 21.8. The van der Waals surface area contributed by atoms with Crippen LogP contribution in [0.25, 0.3) is 0 Å². The van der Waals surface area contributed by atoms with Crippen molar-refractivity contribution in [3.8, 4) is 0 Å². The van der Waals surface area contributed by atoms with Crippen LogP contribution >= 0.6 is 46.4 Å². The summed E-state index contributed by atoms with van der Waals surface area (Å²) >= 11 is 25.1. The Morgan fingerprint density at radius 1 is 0.909 bits per heavy atom. The van der Waals surface area contributed by atoms with Crippen molar-refractivity contribution in [1.29, 1.82) is 0 Å². The minimum atomic E-state index is -4.64. The van der Waals surface area contributed by atoms with Crippen molar-refractivity contribution in [1.82, 2.24) is 0 Å². The number of anilines is 3. The fourth-order valence-corrected chi connectivity index (χ4v) is 6.06. The number of benzene rings is 3. The first-order valence-corrected chi connectivity index (χ1v) is 14.3. The molecule has 234 valence electrons. The zero-order chi connectivity index (χ0) is 32.1. The summed E-state index contributed by atoms with van der Waals surface area (Å²) in [6.45, 7) is 0. The number of carbonyl (C=O) groups excluding carboxylic acids is 2. The van der Waals surface area contributed by atoms with E-state index in [0.29, 0.717) is 11.3 Å². The third-order valence-corrected chi connectivity index (χ3v) is 8.64. The summed E-state index contributed by atoms with van der Waals surface area (Å²) in [6, 6.07) is 10.1. The molecule has 1 saturated carbocycles. The third-order valence-electron chi connectivity index (χ3n) is 7.05. The molecule has 44 heavy (non-hydrogen) atoms. The molecule has 16 heteroatoms. The Labute approximate surface area is 265 Å². The van der Waals surface area contributed by atoms with Gasteiger partial charge in [0.15, 0.2) is 12.0 Å². The summed E-state index contributed by atoms with van der Waals surface area (Å²) in [7, 11) is 0. The maximum atomic E-state index is 15.0. The number of nitrogens with one attached hydrogen (secondary N) is 3. The molecule has 5 rings (SSSR count). The van der Waals surface area contributed by atoms with Crippen molar-refractivity contribution in [3.63, 3.8) is 0 Å². The quantitative estimate of drug-likeness (QED) is 0.119. The topological polar surface area (TPSA) is 82.8 Å². The first-order chi connectivity index (χ1) is 20.6. The van der Waals surface area contributed by atoms with E-state index in [4.69, 9.17) is 51.1 Å². The fraction of sp³-hybridized carbons (Fsp3) is 0.286. The minimum Gasteiger partial charge on any atom is -0.358 e. The predicted octanol–water partition coefficient (Wildman–Crippen LogP) is 8.67. The Morgan fingerprint density at radius 2 is 1.61 bits per heavy atom. The van der Waals surface area contributed by atoms with Crippen LogP contribution in [0.2, 0.25) is 10.0 Å². The Balaban J connectivity index is 1.24. The molecule has 3 N–H and O–H groups in total. The van der Waals surface area contributed by atoms with Gasteiger partial charge in [-0.05, 0) is 48.0 Å². The van der Waals surface area contributed by atoms with E-state index in [1.54, 1.807) is 11.4 Å². The van der Waals surface area contributed by atoms with Crippen LogP contribution in [-0.2, 0) is 9.53 Å². The molecule has 0 bridgehead atoms. The van der Waals surface area contributed by atoms with E-state index in [-0.39, 0.29) is 27.4 Å². The van der Waals surface area contributed by atoms with E-state index in [0.717, 1.165) is 12.1 Å². The van der Waals surface area contributed by atoms with Gasteiger partial charge in [0.25, 0.3) is 5.91 Å². The van der Waals surface area contributed by atoms with Crippen LogP contribution in [0, 0.1) is 23.4 Å². The predicted molar refractivity (Wildman–Crippen MR) is 154 cm³/mol. The summed E-state index contributed by atoms with van der Waals surface area (Å²) in [6.07, 6.45) is -8.19. The van der Waals surface area contributed by atoms with E-state index in [1.165, 1.54) is 30.3 Å². The number of alkyl halides is 5. The summed E-state index contributed by atoms with van der Waals surface area (Å²) in [5.74, 6) is -6.18. The molecule has 1 unspecified atom stereocenters. The second-order valence-corrected chi connectivity index (χ2v) is 12.4. The summed E-state index contributed by atoms with van der Waals surface area (Å²) in [5.41, 5.74) is -0.694. The Morgan fingerprint density at radius 3 is 2.30 bits per heavy atom. The molecule has 0 radical (unpaired) electrons. The molecule has 0 spiro atoms. The van der Waals surface area contributed by atoms with Gasteiger partial charge in [0, 0.05) is 23.9 Å². The minimum absolute atomic E-state index is 0.0273. The monoisotopic (exact) mass is 699 g/mol. The molecule has 4 atom stereocenters. The molecule has 1 saturated heterocycles. The van der Waals surface area contributed by atoms with Gasteiger partial charge in [-0.15, -0.1) is 23.2 Å². The van der Waals surface area contributed by atoms with Crippen molar-refractivity contribution in [3.05, 3.63) is 87.2 Å². The molecule has 3 aromatic rings. The van der Waals surface area contributed by atoms with Gasteiger partial charge in [0.1, 0.15) is 27.8 Å². The number of epoxide rings is 1. The summed E-state index contributed by atoms with van der Waals surface area (Å²) in [4.78, 5) is 24.8. The maximum absolute atomic E-state index is 15.0. The van der Waals surface area contributed by atoms with Gasteiger partial charge < -0.3 is 20.7 Å². The fourth-order valence-electron chi connectivity index (χ4n) is 4.77. The van der Waals surface area contributed by atoms with E-state index >= 15 is 0 Å². The molecule has 3 aromatic carbocycles. The van der Waals surface area contributed by atoms with E-state index in [2.05, 4.69) is 10.6 Å². The van der Waals surface area contributed by atoms with Crippen LogP contribution in [0.5, 0.6) is 0 Å². The Kier molecular flexibility index (Phi) is 8.96. The third kappa shape index (κ3) is 6.99. The highest BCUT2D eigenvalue weighted by atomic mass is 35.5. The standard InChI is InChI=1S/C28H19Cl4F6N3O3/c29-14-3-2-12(39-26-24(44-26)21-20(28(21,31)32)11-1-4-16(33)15(30)9-11)10-13(14)25(43)40-18-6-5-17(34)23(22(18)35)41-19(42)7-8-27(36,37)38/h1-6,9-10,20-21,24,26,39H,7-8H2,(H,40,43)(H,41,42)/t20-,21+,24?,26+/m0/s1. The molecular formula is C28H19Cl4F6N3O3. The Hall–Kier alpha value is -2.90. The van der Waals surface area contributed by atoms with Crippen LogP contribution in [-0.4, -0.2) is 34.7 Å². The smallest absolute Gasteiger partial charge is 0.358 e. The van der Waals surface area contributed by atoms with Gasteiger partial charge in [-0.2, -0.15) is 13.2 Å². The van der Waals surface area contributed by atoms with E-state index in [1.807, 2.05) is 0 Å². The SMILES string of the molecule is O=C(CCC(F)(F)F)Nc1c(F)ccc(NC(=O)c2cc(N[C@@H]3OC3[C@H]3[C@H](c4ccc(F)c(Cl)c4)C3(Cl)Cl)ccc2Cl)c1F. The first-order valence-electron chi connectivity index (χ1n) is 12.8. The van der Waals surface area contributed by atoms with Crippen LogP contribution in [0.4, 0.5) is 43.4 Å². The Bertz CT molecular complexity index is 1640. The number of rotatable bonds is 9. The number of hydrogen-bond donors (Lipinski definition) is 3. The molecule has 1 aliphatic carbocycles. The van der Waals surface area contributed by atoms with E-state index in [9.17, 15) is 35.9 Å². The normalized spacial score (nSPS) is 21.9. The van der Waals surface area contributed by atoms with Gasteiger partial charge in [0.05, 0.1) is 27.7 Å². The lowest BCUT2D eigenvalue weighted by atomic mass is 10.1. The van der Waals surface area contributed by atoms with Crippen LogP contribution in [0.1, 0.15) is 34.7 Å². The molecule has 2 amide bonds. The summed E-state index contributed by atoms with van der Waals surface area (Å²) in [5, 5.41) is 6.94. The van der Waals surface area contributed by atoms with Gasteiger partial charge in [-0.3, -0.25) is 9.59 Å². The van der Waals surface area contributed by atoms with Gasteiger partial charge in [-0.25, -0.2) is 13.2 Å². The average molecular weight is 701 g/mol. The lowest BCUT2D eigenvalue weighted by Gasteiger charge is -2.13. The average Bonchev–Trinajstić information content (AvgIpc) is 3.82. The lowest BCUT2D eigenvalue weighted by molar-refractivity contribution is -0.142. The maximum Gasteiger partial charge on any atom is 0.389 e. The highest BCUT2D eigenvalue weighted by Gasteiger charge is 2.72. The van der Waals surface area contributed by atoms with Gasteiger partial charge in [-0.1, -0.05) is 29.3 Å². The highest BCUT2D eigenvalue weighted by molar-refractivity contribution is 6.52. The van der Waals surface area contributed by atoms with Crippen molar-refractivity contribution in [2.75, 3.05) is 16.0 Å². The number of hydrogen-bond acceptors (Lipinski definition) is 4. The zero-order valence-corrected chi connectivity index (χ0v) is 24.9. The number of ether oxygens (including phenoxy) is 1. The van der Waals surface area contributed by atoms with Crippen molar-refractivity contribution in [2.24, 2.45) is 5.92 Å². The second kappa shape index (κ2) is 12.1. The molecule has 1 heterocycles. The highest BCUT2D eigenvalue weighted by Crippen LogP contribution is 2.69. The first kappa shape index (κ1) is 32.5. The second-order valence-electron chi connectivity index (χ2n) is 10.1. The molecule has 0 aromatic heterocycles. The van der Waals surface area contributed by atoms with Crippen LogP contribution in [0.15, 0.2) is 48.5 Å². The lowest BCUT2D eigenvalue weighted by Crippen LogP contribution is -2.19. The molecule has 1 aliphatic heterocycles. The number of carbonyl (C=O) groups is 2. The summed E-state index contributed by atoms with van der Waals surface area (Å²) < 4.78 is 84.5. The molecule has 2 fully saturated rings. The number of amides is 2. The molecular weight excluding hydrogens is 682 g/mol. The molecule has 6 nitrogen and oxygen atoms in total. The van der Waals surface area contributed by atoms with Crippen LogP contribution in [0.3, 0.4) is 0 Å². The van der Waals surface area contributed by atoms with Crippen molar-refractivity contribution >= 4 is 75.3 Å². The van der Waals surface area contributed by atoms with Crippen LogP contribution < -0.4 is 16.0 Å². The van der Waals surface area contributed by atoms with Crippen molar-refractivity contribution < 1.29 is 40.7 Å². The molecule has 2 aliphatic rings. The van der Waals surface area contributed by atoms with Crippen molar-refractivity contribution in [2.45, 2.75) is 41.6 Å². The van der Waals surface area contributed by atoms with E-state index < -0.39 is 76.3 Å². The van der Waals surface area contributed by atoms with Gasteiger partial charge >= 0.3 is 6.18 Å². The largest absolute Gasteiger partial charge is 0.389 e. The van der Waals surface area contributed by atoms with Gasteiger partial charge in [0.2, 0.25) is 5.91 Å².